The maximum absolute atomic E-state index is 13.0. The molecule has 28 heavy (non-hydrogen) atoms. The Labute approximate surface area is 166 Å². The predicted octanol–water partition coefficient (Wildman–Crippen LogP) is 4.20. The van der Waals surface area contributed by atoms with Gasteiger partial charge in [0.05, 0.1) is 0 Å². The van der Waals surface area contributed by atoms with Crippen LogP contribution in [0.1, 0.15) is 21.1 Å². The summed E-state index contributed by atoms with van der Waals surface area (Å²) in [6, 6.07) is 18.0. The molecule has 146 valence electrons. The summed E-state index contributed by atoms with van der Waals surface area (Å²) in [4.78, 5) is 12.6. The molecular weight excluding hydrogens is 399 g/mol. The number of hydrogen-bond acceptors (Lipinski definition) is 8. The van der Waals surface area contributed by atoms with E-state index in [1.807, 2.05) is 30.3 Å². The van der Waals surface area contributed by atoms with Crippen molar-refractivity contribution in [2.75, 3.05) is 19.5 Å². The Balaban J connectivity index is 1.87. The number of rotatable bonds is 8. The molecule has 0 saturated heterocycles. The number of aromatic nitrogens is 2. The summed E-state index contributed by atoms with van der Waals surface area (Å²) in [5.41, 5.74) is 1.25. The Hall–Kier alpha value is -2.58. The molecule has 0 fully saturated rings. The lowest BCUT2D eigenvalue weighted by Gasteiger charge is -2.23. The molecule has 0 aliphatic carbocycles. The van der Waals surface area contributed by atoms with Crippen molar-refractivity contribution in [3.63, 3.8) is 0 Å². The van der Waals surface area contributed by atoms with Crippen LogP contribution in [0.25, 0.3) is 0 Å². The molecule has 2 N–H and O–H groups in total. The normalized spacial score (nSPS) is 12.4. The third kappa shape index (κ3) is 4.63. The summed E-state index contributed by atoms with van der Waals surface area (Å²) in [6.07, 6.45) is 0. The highest BCUT2D eigenvalue weighted by Gasteiger charge is 2.39. The van der Waals surface area contributed by atoms with Crippen molar-refractivity contribution in [3.05, 3.63) is 71.2 Å². The second-order valence-electron chi connectivity index (χ2n) is 5.58. The standard InChI is InChI=1S/C18H19N4O4PS/c1-25-27(24,26-2)16(20-15(23)13-9-5-3-6-10-13)17-21-22-18(28-17)19-14-11-7-4-8-12-14/h3-12,16H,1-2H3,(H,19,22)(H,20,23). The lowest BCUT2D eigenvalue weighted by molar-refractivity contribution is 0.0940. The molecule has 3 aromatic rings. The van der Waals surface area contributed by atoms with E-state index >= 15 is 0 Å². The van der Waals surface area contributed by atoms with E-state index < -0.39 is 19.3 Å². The molecule has 10 heteroatoms. The SMILES string of the molecule is COP(=O)(OC)C(NC(=O)c1ccccc1)c1nnc(Nc2ccccc2)s1. The molecule has 0 saturated carbocycles. The molecule has 1 aromatic heterocycles. The second-order valence-corrected chi connectivity index (χ2v) is 8.92. The molecule has 1 amide bonds. The predicted molar refractivity (Wildman–Crippen MR) is 108 cm³/mol. The molecule has 1 unspecified atom stereocenters. The Kier molecular flexibility index (Phi) is 6.53. The first kappa shape index (κ1) is 20.2. The lowest BCUT2D eigenvalue weighted by atomic mass is 10.2. The summed E-state index contributed by atoms with van der Waals surface area (Å²) in [7, 11) is -1.19. The Morgan fingerprint density at radius 2 is 1.61 bits per heavy atom. The topological polar surface area (TPSA) is 102 Å². The van der Waals surface area contributed by atoms with Gasteiger partial charge in [0, 0.05) is 25.5 Å². The quantitative estimate of drug-likeness (QED) is 0.529. The zero-order valence-corrected chi connectivity index (χ0v) is 16.9. The fraction of sp³-hybridized carbons (Fsp3) is 0.167. The van der Waals surface area contributed by atoms with Gasteiger partial charge in [0.25, 0.3) is 5.91 Å². The van der Waals surface area contributed by atoms with Crippen molar-refractivity contribution < 1.29 is 18.4 Å². The molecule has 1 heterocycles. The fourth-order valence-electron chi connectivity index (χ4n) is 2.40. The van der Waals surface area contributed by atoms with Crippen molar-refractivity contribution in [2.45, 2.75) is 5.78 Å². The van der Waals surface area contributed by atoms with Crippen LogP contribution < -0.4 is 10.6 Å². The summed E-state index contributed by atoms with van der Waals surface area (Å²) >= 11 is 1.15. The molecule has 3 rings (SSSR count). The van der Waals surface area contributed by atoms with E-state index in [1.165, 1.54) is 14.2 Å². The Bertz CT molecular complexity index is 960. The molecule has 0 aliphatic rings. The number of carbonyl (C=O) groups excluding carboxylic acids is 1. The molecule has 1 atom stereocenters. The van der Waals surface area contributed by atoms with E-state index in [9.17, 15) is 9.36 Å². The molecule has 0 spiro atoms. The van der Waals surface area contributed by atoms with Crippen LogP contribution in [0.2, 0.25) is 0 Å². The molecule has 0 bridgehead atoms. The van der Waals surface area contributed by atoms with Gasteiger partial charge < -0.3 is 19.7 Å². The van der Waals surface area contributed by atoms with Crippen LogP contribution in [0.4, 0.5) is 10.8 Å². The molecule has 8 nitrogen and oxygen atoms in total. The number of nitrogens with zero attached hydrogens (tertiary/aromatic N) is 2. The van der Waals surface area contributed by atoms with Gasteiger partial charge in [0.15, 0.2) is 10.8 Å². The van der Waals surface area contributed by atoms with Gasteiger partial charge in [-0.15, -0.1) is 10.2 Å². The summed E-state index contributed by atoms with van der Waals surface area (Å²) in [5.74, 6) is -1.52. The van der Waals surface area contributed by atoms with Crippen molar-refractivity contribution in [1.29, 1.82) is 0 Å². The largest absolute Gasteiger partial charge is 0.359 e. The summed E-state index contributed by atoms with van der Waals surface area (Å²) in [6.45, 7) is 0. The van der Waals surface area contributed by atoms with Gasteiger partial charge in [-0.1, -0.05) is 47.7 Å². The minimum Gasteiger partial charge on any atom is -0.332 e. The average molecular weight is 418 g/mol. The lowest BCUT2D eigenvalue weighted by Crippen LogP contribution is -2.29. The van der Waals surface area contributed by atoms with Gasteiger partial charge in [-0.3, -0.25) is 9.36 Å². The first-order valence-electron chi connectivity index (χ1n) is 8.28. The highest BCUT2D eigenvalue weighted by Crippen LogP contribution is 2.59. The van der Waals surface area contributed by atoms with Gasteiger partial charge in [0.2, 0.25) is 5.13 Å². The number of amides is 1. The first-order chi connectivity index (χ1) is 13.6. The minimum absolute atomic E-state index is 0.301. The van der Waals surface area contributed by atoms with Crippen LogP contribution in [0.3, 0.4) is 0 Å². The smallest absolute Gasteiger partial charge is 0.332 e. The third-order valence-electron chi connectivity index (χ3n) is 3.83. The zero-order valence-electron chi connectivity index (χ0n) is 15.2. The third-order valence-corrected chi connectivity index (χ3v) is 6.93. The summed E-state index contributed by atoms with van der Waals surface area (Å²) < 4.78 is 23.3. The van der Waals surface area contributed by atoms with Crippen LogP contribution in [-0.4, -0.2) is 30.3 Å². The monoisotopic (exact) mass is 418 g/mol. The van der Waals surface area contributed by atoms with Crippen LogP contribution in [0.5, 0.6) is 0 Å². The number of nitrogens with one attached hydrogen (secondary N) is 2. The van der Waals surface area contributed by atoms with Crippen LogP contribution >= 0.6 is 18.9 Å². The highest BCUT2D eigenvalue weighted by molar-refractivity contribution is 7.54. The minimum atomic E-state index is -3.71. The van der Waals surface area contributed by atoms with Crippen molar-refractivity contribution in [2.24, 2.45) is 0 Å². The number of para-hydroxylation sites is 1. The summed E-state index contributed by atoms with van der Waals surface area (Å²) in [5, 5.41) is 14.7. The molecular formula is C18H19N4O4PS. The van der Waals surface area contributed by atoms with Gasteiger partial charge >= 0.3 is 7.60 Å². The van der Waals surface area contributed by atoms with Crippen molar-refractivity contribution in [3.8, 4) is 0 Å². The van der Waals surface area contributed by atoms with E-state index in [0.29, 0.717) is 15.7 Å². The molecule has 0 aliphatic heterocycles. The van der Waals surface area contributed by atoms with E-state index in [0.717, 1.165) is 17.0 Å². The number of hydrogen-bond donors (Lipinski definition) is 2. The highest BCUT2D eigenvalue weighted by atomic mass is 32.1. The number of anilines is 2. The zero-order chi connectivity index (χ0) is 20.0. The molecule has 2 aromatic carbocycles. The number of carbonyl (C=O) groups is 1. The van der Waals surface area contributed by atoms with E-state index in [-0.39, 0.29) is 0 Å². The fourth-order valence-corrected chi connectivity index (χ4v) is 4.81. The van der Waals surface area contributed by atoms with Crippen LogP contribution in [0, 0.1) is 0 Å². The van der Waals surface area contributed by atoms with Crippen LogP contribution in [-0.2, 0) is 13.6 Å². The van der Waals surface area contributed by atoms with Gasteiger partial charge in [-0.25, -0.2) is 0 Å². The van der Waals surface area contributed by atoms with Gasteiger partial charge in [-0.2, -0.15) is 0 Å². The Morgan fingerprint density at radius 3 is 2.21 bits per heavy atom. The second kappa shape index (κ2) is 9.07. The first-order valence-corrected chi connectivity index (χ1v) is 10.7. The van der Waals surface area contributed by atoms with Gasteiger partial charge in [0.1, 0.15) is 0 Å². The van der Waals surface area contributed by atoms with E-state index in [2.05, 4.69) is 20.8 Å². The van der Waals surface area contributed by atoms with E-state index in [4.69, 9.17) is 9.05 Å². The van der Waals surface area contributed by atoms with Crippen molar-refractivity contribution >= 4 is 35.7 Å². The Morgan fingerprint density at radius 1 is 1.00 bits per heavy atom. The molecule has 0 radical (unpaired) electrons. The maximum atomic E-state index is 13.0. The maximum Gasteiger partial charge on any atom is 0.359 e. The van der Waals surface area contributed by atoms with Crippen molar-refractivity contribution in [1.82, 2.24) is 15.5 Å². The number of benzene rings is 2. The van der Waals surface area contributed by atoms with Crippen LogP contribution in [0.15, 0.2) is 60.7 Å². The van der Waals surface area contributed by atoms with E-state index in [1.54, 1.807) is 30.3 Å². The average Bonchev–Trinajstić information content (AvgIpc) is 3.20. The van der Waals surface area contributed by atoms with Gasteiger partial charge in [-0.05, 0) is 24.3 Å².